The number of aromatic hydroxyl groups is 6. The first-order chi connectivity index (χ1) is 25.1. The van der Waals surface area contributed by atoms with Crippen molar-refractivity contribution in [2.24, 2.45) is 5.92 Å². The highest BCUT2D eigenvalue weighted by atomic mass is 16.3. The minimum atomic E-state index is -0.202. The lowest BCUT2D eigenvalue weighted by molar-refractivity contribution is 0.471. The van der Waals surface area contributed by atoms with E-state index in [0.29, 0.717) is 5.92 Å². The van der Waals surface area contributed by atoms with E-state index in [2.05, 4.69) is 41.5 Å². The SMILES string of the molecule is CC(C)(c1ccc(O)cc1)c1cccc(O)c1.CC(C)C(c1ccc(O)cc1)c1ccc(O)cc1.CCC(C)(c1ccc(O)cc1)c1ccc(O)cc1. The maximum Gasteiger partial charge on any atom is 0.115 e. The van der Waals surface area contributed by atoms with Crippen molar-refractivity contribution in [3.8, 4) is 34.5 Å². The van der Waals surface area contributed by atoms with E-state index in [1.54, 1.807) is 72.8 Å². The van der Waals surface area contributed by atoms with E-state index in [9.17, 15) is 30.6 Å². The maximum absolute atomic E-state index is 9.53. The van der Waals surface area contributed by atoms with Gasteiger partial charge in [0.25, 0.3) is 0 Å². The van der Waals surface area contributed by atoms with Crippen molar-refractivity contribution in [2.75, 3.05) is 0 Å². The van der Waals surface area contributed by atoms with Gasteiger partial charge >= 0.3 is 0 Å². The van der Waals surface area contributed by atoms with Gasteiger partial charge in [0, 0.05) is 16.7 Å². The van der Waals surface area contributed by atoms with Crippen LogP contribution >= 0.6 is 0 Å². The van der Waals surface area contributed by atoms with Crippen molar-refractivity contribution in [1.82, 2.24) is 0 Å². The third kappa shape index (κ3) is 10.4. The van der Waals surface area contributed by atoms with Crippen LogP contribution < -0.4 is 0 Å². The number of benzene rings is 6. The molecule has 6 N–H and O–H groups in total. The number of hydrogen-bond acceptors (Lipinski definition) is 6. The molecule has 0 aromatic heterocycles. The Labute approximate surface area is 314 Å². The van der Waals surface area contributed by atoms with Gasteiger partial charge in [0.2, 0.25) is 0 Å². The van der Waals surface area contributed by atoms with Crippen molar-refractivity contribution in [1.29, 1.82) is 0 Å². The van der Waals surface area contributed by atoms with Crippen LogP contribution in [0.25, 0.3) is 0 Å². The molecule has 6 rings (SSSR count). The lowest BCUT2D eigenvalue weighted by Crippen LogP contribution is -2.22. The fourth-order valence-electron chi connectivity index (χ4n) is 6.50. The Hall–Kier alpha value is -5.88. The molecule has 0 saturated carbocycles. The largest absolute Gasteiger partial charge is 0.508 e. The molecule has 0 heterocycles. The van der Waals surface area contributed by atoms with E-state index in [0.717, 1.165) is 28.7 Å². The fraction of sp³-hybridized carbons (Fsp3) is 0.234. The topological polar surface area (TPSA) is 121 Å². The summed E-state index contributed by atoms with van der Waals surface area (Å²) in [6.07, 6.45) is 0.947. The van der Waals surface area contributed by atoms with Crippen molar-refractivity contribution in [3.05, 3.63) is 179 Å². The minimum absolute atomic E-state index is 0.110. The monoisotopic (exact) mass is 712 g/mol. The van der Waals surface area contributed by atoms with Crippen LogP contribution in [0.15, 0.2) is 146 Å². The van der Waals surface area contributed by atoms with Gasteiger partial charge in [0.1, 0.15) is 34.5 Å². The Kier molecular flexibility index (Phi) is 13.2. The summed E-state index contributed by atoms with van der Waals surface area (Å²) < 4.78 is 0. The van der Waals surface area contributed by atoms with Crippen LogP contribution in [0.3, 0.4) is 0 Å². The number of phenols is 6. The fourth-order valence-corrected chi connectivity index (χ4v) is 6.50. The second kappa shape index (κ2) is 17.6. The standard InChI is InChI=1S/2C16H18O2.C15H16O2/c1-11(2)16(12-3-7-14(17)8-4-12)13-5-9-15(18)10-6-13;1-3-16(2,12-4-8-14(17)9-5-12)13-6-10-15(18)11-7-13;1-15(2,11-6-8-13(16)9-7-11)12-4-3-5-14(17)10-12/h3-11,16-18H,1-2H3;4-11,17-18H,3H2,1-2H3;3-10,16-17H,1-2H3. The molecular weight excluding hydrogens is 661 g/mol. The van der Waals surface area contributed by atoms with Crippen molar-refractivity contribution in [3.63, 3.8) is 0 Å². The van der Waals surface area contributed by atoms with Crippen molar-refractivity contribution >= 4 is 0 Å². The Bertz CT molecular complexity index is 1910. The molecule has 0 aliphatic carbocycles. The van der Waals surface area contributed by atoms with Crippen molar-refractivity contribution in [2.45, 2.75) is 64.7 Å². The lowest BCUT2D eigenvalue weighted by Gasteiger charge is -2.29. The Morgan fingerprint density at radius 1 is 0.415 bits per heavy atom. The molecule has 6 heteroatoms. The first-order valence-electron chi connectivity index (χ1n) is 17.9. The zero-order valence-electron chi connectivity index (χ0n) is 31.4. The van der Waals surface area contributed by atoms with Crippen LogP contribution in [0.4, 0.5) is 0 Å². The third-order valence-corrected chi connectivity index (χ3v) is 10.0. The molecule has 6 nitrogen and oxygen atoms in total. The van der Waals surface area contributed by atoms with Gasteiger partial charge in [-0.1, -0.05) is 114 Å². The van der Waals surface area contributed by atoms with Crippen LogP contribution in [0.1, 0.15) is 87.3 Å². The molecule has 0 spiro atoms. The van der Waals surface area contributed by atoms with Gasteiger partial charge in [-0.2, -0.15) is 0 Å². The number of hydrogen-bond donors (Lipinski definition) is 6. The maximum atomic E-state index is 9.53. The molecule has 0 atom stereocenters. The first-order valence-corrected chi connectivity index (χ1v) is 17.9. The summed E-state index contributed by atoms with van der Waals surface area (Å²) >= 11 is 0. The van der Waals surface area contributed by atoms with Gasteiger partial charge in [0.15, 0.2) is 0 Å². The molecule has 0 aliphatic heterocycles. The smallest absolute Gasteiger partial charge is 0.115 e. The van der Waals surface area contributed by atoms with Gasteiger partial charge in [-0.15, -0.1) is 0 Å². The zero-order valence-corrected chi connectivity index (χ0v) is 31.4. The molecule has 53 heavy (non-hydrogen) atoms. The Morgan fingerprint density at radius 2 is 0.755 bits per heavy atom. The zero-order chi connectivity index (χ0) is 38.8. The van der Waals surface area contributed by atoms with Crippen LogP contribution in [0, 0.1) is 5.92 Å². The van der Waals surface area contributed by atoms with Crippen LogP contribution in [-0.2, 0) is 10.8 Å². The van der Waals surface area contributed by atoms with Crippen molar-refractivity contribution < 1.29 is 30.6 Å². The molecule has 0 saturated heterocycles. The summed E-state index contributed by atoms with van der Waals surface area (Å²) in [6.45, 7) is 12.8. The molecule has 0 unspecified atom stereocenters. The van der Waals surface area contributed by atoms with E-state index in [1.807, 2.05) is 72.8 Å². The van der Waals surface area contributed by atoms with E-state index >= 15 is 0 Å². The predicted octanol–water partition coefficient (Wildman–Crippen LogP) is 11.1. The average molecular weight is 713 g/mol. The number of phenolic OH excluding ortho intramolecular Hbond substituents is 6. The van der Waals surface area contributed by atoms with Gasteiger partial charge in [0.05, 0.1) is 0 Å². The van der Waals surface area contributed by atoms with Crippen LogP contribution in [0.5, 0.6) is 34.5 Å². The van der Waals surface area contributed by atoms with E-state index in [-0.39, 0.29) is 51.2 Å². The first kappa shape index (κ1) is 39.9. The summed E-state index contributed by atoms with van der Waals surface area (Å²) in [5.41, 5.74) is 6.50. The predicted molar refractivity (Wildman–Crippen MR) is 214 cm³/mol. The summed E-state index contributed by atoms with van der Waals surface area (Å²) in [6, 6.07) is 43.7. The summed E-state index contributed by atoms with van der Waals surface area (Å²) in [5.74, 6) is 2.38. The van der Waals surface area contributed by atoms with Crippen LogP contribution in [-0.4, -0.2) is 30.6 Å². The van der Waals surface area contributed by atoms with Gasteiger partial charge < -0.3 is 30.6 Å². The highest BCUT2D eigenvalue weighted by Gasteiger charge is 2.27. The highest BCUT2D eigenvalue weighted by Crippen LogP contribution is 2.37. The highest BCUT2D eigenvalue weighted by molar-refractivity contribution is 5.44. The molecule has 6 aromatic rings. The Balaban J connectivity index is 0.000000178. The van der Waals surface area contributed by atoms with E-state index < -0.39 is 0 Å². The summed E-state index contributed by atoms with van der Waals surface area (Å²) in [7, 11) is 0. The normalized spacial score (nSPS) is 11.3. The molecule has 0 amide bonds. The molecule has 276 valence electrons. The summed E-state index contributed by atoms with van der Waals surface area (Å²) in [4.78, 5) is 0. The summed E-state index contributed by atoms with van der Waals surface area (Å²) in [5, 5.41) is 56.3. The Morgan fingerprint density at radius 3 is 1.08 bits per heavy atom. The van der Waals surface area contributed by atoms with Gasteiger partial charge in [-0.25, -0.2) is 0 Å². The van der Waals surface area contributed by atoms with E-state index in [1.165, 1.54) is 11.1 Å². The molecule has 0 aliphatic rings. The number of rotatable bonds is 8. The van der Waals surface area contributed by atoms with Crippen LogP contribution in [0.2, 0.25) is 0 Å². The molecule has 0 radical (unpaired) electrons. The van der Waals surface area contributed by atoms with Gasteiger partial charge in [-0.05, 0) is 119 Å². The molecular formula is C47H52O6. The van der Waals surface area contributed by atoms with E-state index in [4.69, 9.17) is 0 Å². The molecule has 6 aromatic carbocycles. The average Bonchev–Trinajstić information content (AvgIpc) is 3.14. The minimum Gasteiger partial charge on any atom is -0.508 e. The molecule has 0 bridgehead atoms. The molecule has 0 fully saturated rings. The second-order valence-corrected chi connectivity index (χ2v) is 14.4. The quantitative estimate of drug-likeness (QED) is 0.0934. The van der Waals surface area contributed by atoms with Gasteiger partial charge in [-0.3, -0.25) is 0 Å². The lowest BCUT2D eigenvalue weighted by atomic mass is 9.74. The third-order valence-electron chi connectivity index (χ3n) is 10.0. The second-order valence-electron chi connectivity index (χ2n) is 14.4.